The number of hydrogen-bond donors (Lipinski definition) is 3. The minimum Gasteiger partial charge on any atom is -0.494 e. The Morgan fingerprint density at radius 1 is 1.04 bits per heavy atom. The third-order valence-corrected chi connectivity index (χ3v) is 7.82. The largest absolute Gasteiger partial charge is 0.494 e. The molecule has 4 aromatic rings. The second kappa shape index (κ2) is 13.7. The molecule has 1 aliphatic heterocycles. The van der Waals surface area contributed by atoms with Crippen LogP contribution < -0.4 is 10.2 Å². The summed E-state index contributed by atoms with van der Waals surface area (Å²) in [6.45, 7) is 9.56. The Morgan fingerprint density at radius 2 is 1.76 bits per heavy atom. The third kappa shape index (κ3) is 8.09. The number of aromatic amines is 1. The van der Waals surface area contributed by atoms with Gasteiger partial charge in [-0.05, 0) is 81.9 Å². The minimum atomic E-state index is -0.625. The highest BCUT2D eigenvalue weighted by molar-refractivity contribution is 6.22. The zero-order valence-corrected chi connectivity index (χ0v) is 26.9. The summed E-state index contributed by atoms with van der Waals surface area (Å²) in [5, 5.41) is 14.4. The molecule has 242 valence electrons. The number of alkyl carbamates (subject to hydrolysis) is 1. The fourth-order valence-electron chi connectivity index (χ4n) is 5.30. The van der Waals surface area contributed by atoms with E-state index in [0.717, 1.165) is 37.4 Å². The first-order chi connectivity index (χ1) is 21.9. The molecule has 0 bridgehead atoms. The molecule has 0 saturated carbocycles. The van der Waals surface area contributed by atoms with Gasteiger partial charge in [-0.25, -0.2) is 14.2 Å². The molecule has 5 rings (SSSR count). The number of fused-ring (bicyclic) bond motifs is 1. The number of ether oxygens (including phenoxy) is 1. The fraction of sp³-hybridized carbons (Fsp3) is 0.343. The van der Waals surface area contributed by atoms with Gasteiger partial charge in [0.25, 0.3) is 0 Å². The summed E-state index contributed by atoms with van der Waals surface area (Å²) in [5.41, 5.74) is 3.45. The van der Waals surface area contributed by atoms with E-state index in [-0.39, 0.29) is 18.3 Å². The Hall–Kier alpha value is -4.74. The lowest BCUT2D eigenvalue weighted by Crippen LogP contribution is -2.48. The predicted molar refractivity (Wildman–Crippen MR) is 179 cm³/mol. The number of aliphatic imine (C=N–C) groups is 1. The lowest BCUT2D eigenvalue weighted by Gasteiger charge is -2.32. The molecule has 1 aromatic heterocycles. The average Bonchev–Trinajstić information content (AvgIpc) is 3.33. The van der Waals surface area contributed by atoms with Crippen LogP contribution in [-0.4, -0.2) is 90.0 Å². The number of likely N-dealkylation sites (N-methyl/N-ethyl adjacent to an activating group) is 2. The minimum absolute atomic E-state index is 0.00856. The molecule has 2 amide bonds. The standard InChI is InChI=1S/C35H41FN6O4/c1-35(2,3)46-34(45)37-21-23-7-6-8-24(19-23)32(31-28-14-9-25(36)20-29(28)39-33(31)44)38-26-10-12-27(13-11-26)41(5)30(43)22-42-17-15-40(4)16-18-42/h6-14,19-20,39,44H,15-18,21-22H2,1-5H3,(H,37,45). The second-order valence-electron chi connectivity index (χ2n) is 12.6. The van der Waals surface area contributed by atoms with E-state index in [0.29, 0.717) is 40.0 Å². The number of aromatic nitrogens is 1. The van der Waals surface area contributed by atoms with E-state index in [9.17, 15) is 19.1 Å². The van der Waals surface area contributed by atoms with Crippen LogP contribution in [0.3, 0.4) is 0 Å². The first-order valence-corrected chi connectivity index (χ1v) is 15.3. The Bertz CT molecular complexity index is 1740. The Balaban J connectivity index is 1.44. The molecule has 0 radical (unpaired) electrons. The molecular formula is C35H41FN6O4. The molecule has 11 heteroatoms. The van der Waals surface area contributed by atoms with Crippen LogP contribution in [-0.2, 0) is 16.1 Å². The molecule has 10 nitrogen and oxygen atoms in total. The average molecular weight is 629 g/mol. The van der Waals surface area contributed by atoms with Gasteiger partial charge in [-0.15, -0.1) is 0 Å². The summed E-state index contributed by atoms with van der Waals surface area (Å²) in [6, 6.07) is 19.0. The van der Waals surface area contributed by atoms with Gasteiger partial charge in [0.1, 0.15) is 11.4 Å². The van der Waals surface area contributed by atoms with Gasteiger partial charge in [0, 0.05) is 56.4 Å². The van der Waals surface area contributed by atoms with Gasteiger partial charge in [-0.1, -0.05) is 18.2 Å². The topological polar surface area (TPSA) is 114 Å². The van der Waals surface area contributed by atoms with Crippen molar-refractivity contribution >= 4 is 40.0 Å². The molecule has 46 heavy (non-hydrogen) atoms. The van der Waals surface area contributed by atoms with E-state index in [2.05, 4.69) is 27.1 Å². The monoisotopic (exact) mass is 628 g/mol. The van der Waals surface area contributed by atoms with E-state index < -0.39 is 17.5 Å². The van der Waals surface area contributed by atoms with Gasteiger partial charge in [-0.2, -0.15) is 0 Å². The van der Waals surface area contributed by atoms with E-state index in [1.807, 2.05) is 48.5 Å². The molecule has 0 atom stereocenters. The number of benzene rings is 3. The number of carbonyl (C=O) groups is 2. The van der Waals surface area contributed by atoms with Crippen LogP contribution in [0.2, 0.25) is 0 Å². The highest BCUT2D eigenvalue weighted by Crippen LogP contribution is 2.32. The van der Waals surface area contributed by atoms with Gasteiger partial charge in [-0.3, -0.25) is 9.69 Å². The van der Waals surface area contributed by atoms with E-state index >= 15 is 0 Å². The number of hydrogen-bond acceptors (Lipinski definition) is 7. The quantitative estimate of drug-likeness (QED) is 0.225. The highest BCUT2D eigenvalue weighted by atomic mass is 19.1. The molecule has 3 N–H and O–H groups in total. The van der Waals surface area contributed by atoms with Crippen LogP contribution in [0, 0.1) is 5.82 Å². The van der Waals surface area contributed by atoms with Crippen molar-refractivity contribution in [2.45, 2.75) is 32.9 Å². The normalized spacial score (nSPS) is 14.8. The SMILES string of the molecule is CN1CCN(CC(=O)N(C)c2ccc(N=C(c3cccc(CNC(=O)OC(C)(C)C)c3)c3c(O)[nH]c4cc(F)ccc34)cc2)CC1. The lowest BCUT2D eigenvalue weighted by molar-refractivity contribution is -0.119. The maximum Gasteiger partial charge on any atom is 0.407 e. The Labute approximate surface area is 268 Å². The predicted octanol–water partition coefficient (Wildman–Crippen LogP) is 5.42. The van der Waals surface area contributed by atoms with E-state index in [1.54, 1.807) is 38.8 Å². The van der Waals surface area contributed by atoms with Crippen molar-refractivity contribution in [2.24, 2.45) is 4.99 Å². The Kier molecular flexibility index (Phi) is 9.74. The van der Waals surface area contributed by atoms with Gasteiger partial charge >= 0.3 is 6.09 Å². The molecule has 1 saturated heterocycles. The van der Waals surface area contributed by atoms with Crippen LogP contribution in [0.4, 0.5) is 20.6 Å². The highest BCUT2D eigenvalue weighted by Gasteiger charge is 2.22. The summed E-state index contributed by atoms with van der Waals surface area (Å²) < 4.78 is 19.4. The molecular weight excluding hydrogens is 587 g/mol. The number of nitrogens with one attached hydrogen (secondary N) is 2. The third-order valence-electron chi connectivity index (χ3n) is 7.82. The number of piperazine rings is 1. The summed E-state index contributed by atoms with van der Waals surface area (Å²) in [5.74, 6) is -0.576. The number of carbonyl (C=O) groups excluding carboxylic acids is 2. The molecule has 2 heterocycles. The van der Waals surface area contributed by atoms with Gasteiger partial charge in [0.2, 0.25) is 5.91 Å². The smallest absolute Gasteiger partial charge is 0.407 e. The number of amides is 2. The maximum atomic E-state index is 14.1. The molecule has 1 fully saturated rings. The van der Waals surface area contributed by atoms with Crippen molar-refractivity contribution in [3.8, 4) is 5.88 Å². The summed E-state index contributed by atoms with van der Waals surface area (Å²) in [6.07, 6.45) is -0.532. The molecule has 0 unspecified atom stereocenters. The number of nitrogens with zero attached hydrogens (tertiary/aromatic N) is 4. The molecule has 0 aliphatic carbocycles. The summed E-state index contributed by atoms with van der Waals surface area (Å²) in [7, 11) is 3.85. The summed E-state index contributed by atoms with van der Waals surface area (Å²) in [4.78, 5) is 39.2. The second-order valence-corrected chi connectivity index (χ2v) is 12.6. The van der Waals surface area contributed by atoms with Crippen molar-refractivity contribution in [1.82, 2.24) is 20.1 Å². The van der Waals surface area contributed by atoms with Crippen LogP contribution in [0.5, 0.6) is 5.88 Å². The number of halogens is 1. The van der Waals surface area contributed by atoms with Crippen LogP contribution in [0.1, 0.15) is 37.5 Å². The zero-order valence-electron chi connectivity index (χ0n) is 26.9. The van der Waals surface area contributed by atoms with E-state index in [1.165, 1.54) is 12.1 Å². The van der Waals surface area contributed by atoms with Crippen molar-refractivity contribution in [3.63, 3.8) is 0 Å². The lowest BCUT2D eigenvalue weighted by atomic mass is 9.99. The molecule has 3 aromatic carbocycles. The van der Waals surface area contributed by atoms with Crippen molar-refractivity contribution in [1.29, 1.82) is 0 Å². The molecule has 0 spiro atoms. The van der Waals surface area contributed by atoms with Crippen molar-refractivity contribution < 1.29 is 23.8 Å². The number of aromatic hydroxyl groups is 1. The summed E-state index contributed by atoms with van der Waals surface area (Å²) >= 11 is 0. The zero-order chi connectivity index (χ0) is 33.0. The Morgan fingerprint density at radius 3 is 2.46 bits per heavy atom. The van der Waals surface area contributed by atoms with Crippen molar-refractivity contribution in [3.05, 3.63) is 89.2 Å². The van der Waals surface area contributed by atoms with Crippen LogP contribution in [0.25, 0.3) is 10.9 Å². The van der Waals surface area contributed by atoms with Crippen LogP contribution in [0.15, 0.2) is 71.7 Å². The van der Waals surface area contributed by atoms with E-state index in [4.69, 9.17) is 9.73 Å². The van der Waals surface area contributed by atoms with Crippen LogP contribution >= 0.6 is 0 Å². The maximum absolute atomic E-state index is 14.1. The first-order valence-electron chi connectivity index (χ1n) is 15.3. The van der Waals surface area contributed by atoms with Gasteiger partial charge in [0.15, 0.2) is 5.88 Å². The van der Waals surface area contributed by atoms with Gasteiger partial charge in [0.05, 0.1) is 29.0 Å². The van der Waals surface area contributed by atoms with Crippen molar-refractivity contribution in [2.75, 3.05) is 51.7 Å². The first kappa shape index (κ1) is 32.6. The fourth-order valence-corrected chi connectivity index (χ4v) is 5.30. The number of anilines is 1. The van der Waals surface area contributed by atoms with Gasteiger partial charge < -0.3 is 29.9 Å². The number of rotatable bonds is 8. The number of H-pyrrole nitrogens is 1. The molecule has 1 aliphatic rings.